The molecule has 0 aliphatic rings. The summed E-state index contributed by atoms with van der Waals surface area (Å²) in [7, 11) is 0. The van der Waals surface area contributed by atoms with Gasteiger partial charge in [0.05, 0.1) is 6.07 Å². The molecule has 0 bridgehead atoms. The molecular weight excluding hydrogens is 164 g/mol. The number of ketones is 1. The number of nitriles is 1. The fraction of sp³-hybridized carbons (Fsp3) is 0.300. The molecule has 0 spiro atoms. The van der Waals surface area contributed by atoms with Crippen molar-refractivity contribution in [2.45, 2.75) is 19.8 Å². The molecule has 3 nitrogen and oxygen atoms in total. The molecule has 0 aliphatic carbocycles. The first-order chi connectivity index (χ1) is 6.24. The molecule has 0 saturated carbocycles. The molecule has 0 saturated heterocycles. The molecule has 3 heteroatoms. The van der Waals surface area contributed by atoms with E-state index < -0.39 is 0 Å². The maximum atomic E-state index is 11.4. The topological polar surface area (TPSA) is 53.8 Å². The third kappa shape index (κ3) is 2.68. The molecule has 0 aliphatic heterocycles. The number of hydrogen-bond acceptors (Lipinski definition) is 3. The Kier molecular flexibility index (Phi) is 3.15. The van der Waals surface area contributed by atoms with E-state index in [0.717, 1.165) is 5.56 Å². The van der Waals surface area contributed by atoms with Crippen LogP contribution in [-0.4, -0.2) is 10.8 Å². The number of Topliss-reactive ketones (excluding diaryl/α,β-unsaturated/α-hetero) is 1. The zero-order valence-corrected chi connectivity index (χ0v) is 7.45. The van der Waals surface area contributed by atoms with E-state index in [1.165, 1.54) is 6.20 Å². The number of carbonyl (C=O) groups excluding carboxylic acids is 1. The van der Waals surface area contributed by atoms with Gasteiger partial charge in [0.15, 0.2) is 5.78 Å². The summed E-state index contributed by atoms with van der Waals surface area (Å²) < 4.78 is 0. The largest absolute Gasteiger partial charge is 0.294 e. The summed E-state index contributed by atoms with van der Waals surface area (Å²) in [5.41, 5.74) is 1.55. The monoisotopic (exact) mass is 174 g/mol. The number of nitrogens with zero attached hydrogens (tertiary/aromatic N) is 2. The van der Waals surface area contributed by atoms with Gasteiger partial charge >= 0.3 is 0 Å². The van der Waals surface area contributed by atoms with Gasteiger partial charge in [-0.15, -0.1) is 0 Å². The number of pyridine rings is 1. The highest BCUT2D eigenvalue weighted by molar-refractivity contribution is 5.95. The fourth-order valence-electron chi connectivity index (χ4n) is 1.02. The average Bonchev–Trinajstić information content (AvgIpc) is 2.14. The third-order valence-corrected chi connectivity index (χ3v) is 1.66. The second-order valence-corrected chi connectivity index (χ2v) is 2.83. The molecule has 66 valence electrons. The van der Waals surface area contributed by atoms with E-state index in [1.807, 2.05) is 13.0 Å². The Morgan fingerprint density at radius 2 is 2.38 bits per heavy atom. The molecule has 0 aromatic carbocycles. The average molecular weight is 174 g/mol. The number of aromatic nitrogens is 1. The van der Waals surface area contributed by atoms with Crippen LogP contribution in [0.25, 0.3) is 0 Å². The van der Waals surface area contributed by atoms with Gasteiger partial charge in [-0.05, 0) is 18.6 Å². The summed E-state index contributed by atoms with van der Waals surface area (Å²) >= 11 is 0. The first-order valence-corrected chi connectivity index (χ1v) is 4.06. The maximum Gasteiger partial charge on any atom is 0.165 e. The minimum atomic E-state index is -0.0160. The van der Waals surface area contributed by atoms with Crippen LogP contribution in [0.3, 0.4) is 0 Å². The Morgan fingerprint density at radius 1 is 1.62 bits per heavy atom. The van der Waals surface area contributed by atoms with Crippen molar-refractivity contribution >= 4 is 5.78 Å². The molecular formula is C10H10N2O. The number of hydrogen-bond donors (Lipinski definition) is 0. The van der Waals surface area contributed by atoms with Crippen molar-refractivity contribution in [1.82, 2.24) is 4.98 Å². The summed E-state index contributed by atoms with van der Waals surface area (Å²) in [6, 6.07) is 3.73. The first kappa shape index (κ1) is 9.40. The van der Waals surface area contributed by atoms with Crippen LogP contribution in [0.4, 0.5) is 0 Å². The predicted octanol–water partition coefficient (Wildman–Crippen LogP) is 1.88. The molecule has 0 N–H and O–H groups in total. The van der Waals surface area contributed by atoms with Crippen LogP contribution in [-0.2, 0) is 0 Å². The molecule has 0 fully saturated rings. The molecule has 13 heavy (non-hydrogen) atoms. The zero-order chi connectivity index (χ0) is 9.68. The van der Waals surface area contributed by atoms with Gasteiger partial charge < -0.3 is 0 Å². The van der Waals surface area contributed by atoms with Gasteiger partial charge in [-0.25, -0.2) is 0 Å². The zero-order valence-electron chi connectivity index (χ0n) is 7.45. The third-order valence-electron chi connectivity index (χ3n) is 1.66. The van der Waals surface area contributed by atoms with E-state index in [9.17, 15) is 4.79 Å². The van der Waals surface area contributed by atoms with Crippen molar-refractivity contribution in [2.75, 3.05) is 0 Å². The second-order valence-electron chi connectivity index (χ2n) is 2.83. The maximum absolute atomic E-state index is 11.4. The van der Waals surface area contributed by atoms with Crippen molar-refractivity contribution in [3.8, 4) is 6.07 Å². The summed E-state index contributed by atoms with van der Waals surface area (Å²) in [4.78, 5) is 15.3. The highest BCUT2D eigenvalue weighted by Crippen LogP contribution is 2.05. The highest BCUT2D eigenvalue weighted by atomic mass is 16.1. The van der Waals surface area contributed by atoms with E-state index >= 15 is 0 Å². The van der Waals surface area contributed by atoms with E-state index in [1.54, 1.807) is 12.3 Å². The van der Waals surface area contributed by atoms with Crippen molar-refractivity contribution in [3.05, 3.63) is 29.6 Å². The molecule has 0 amide bonds. The van der Waals surface area contributed by atoms with Gasteiger partial charge in [-0.3, -0.25) is 9.78 Å². The van der Waals surface area contributed by atoms with E-state index in [2.05, 4.69) is 4.98 Å². The normalized spacial score (nSPS) is 9.23. The minimum absolute atomic E-state index is 0.0160. The van der Waals surface area contributed by atoms with Crippen LogP contribution in [0.2, 0.25) is 0 Å². The van der Waals surface area contributed by atoms with Crippen LogP contribution in [0.1, 0.15) is 28.8 Å². The van der Waals surface area contributed by atoms with Crippen LogP contribution >= 0.6 is 0 Å². The van der Waals surface area contributed by atoms with Crippen LogP contribution in [0.15, 0.2) is 18.5 Å². The van der Waals surface area contributed by atoms with Gasteiger partial charge in [0, 0.05) is 30.8 Å². The van der Waals surface area contributed by atoms with E-state index in [0.29, 0.717) is 5.56 Å². The Morgan fingerprint density at radius 3 is 3.00 bits per heavy atom. The Labute approximate surface area is 77.0 Å². The van der Waals surface area contributed by atoms with Crippen molar-refractivity contribution < 1.29 is 4.79 Å². The summed E-state index contributed by atoms with van der Waals surface area (Å²) in [6.07, 6.45) is 3.78. The van der Waals surface area contributed by atoms with Crippen LogP contribution in [0, 0.1) is 18.3 Å². The smallest absolute Gasteiger partial charge is 0.165 e. The fourth-order valence-corrected chi connectivity index (χ4v) is 1.02. The Bertz CT molecular complexity index is 352. The van der Waals surface area contributed by atoms with Gasteiger partial charge in [0.2, 0.25) is 0 Å². The van der Waals surface area contributed by atoms with Crippen LogP contribution < -0.4 is 0 Å². The van der Waals surface area contributed by atoms with Crippen molar-refractivity contribution in [1.29, 1.82) is 5.26 Å². The molecule has 0 unspecified atom stereocenters. The number of rotatable bonds is 3. The van der Waals surface area contributed by atoms with E-state index in [-0.39, 0.29) is 18.6 Å². The lowest BCUT2D eigenvalue weighted by molar-refractivity contribution is 0.0983. The molecule has 1 aromatic heterocycles. The molecule has 1 aromatic rings. The van der Waals surface area contributed by atoms with Crippen LogP contribution in [0.5, 0.6) is 0 Å². The first-order valence-electron chi connectivity index (χ1n) is 4.06. The summed E-state index contributed by atoms with van der Waals surface area (Å²) in [6.45, 7) is 1.88. The summed E-state index contributed by atoms with van der Waals surface area (Å²) in [5, 5.41) is 8.30. The predicted molar refractivity (Wildman–Crippen MR) is 48.2 cm³/mol. The van der Waals surface area contributed by atoms with Gasteiger partial charge in [0.1, 0.15) is 0 Å². The van der Waals surface area contributed by atoms with Gasteiger partial charge in [-0.1, -0.05) is 0 Å². The SMILES string of the molecule is Cc1cncc(C(=O)CCC#N)c1. The minimum Gasteiger partial charge on any atom is -0.294 e. The van der Waals surface area contributed by atoms with Gasteiger partial charge in [-0.2, -0.15) is 5.26 Å². The Balaban J connectivity index is 2.72. The van der Waals surface area contributed by atoms with Crippen molar-refractivity contribution in [2.24, 2.45) is 0 Å². The standard InChI is InChI=1S/C10H10N2O/c1-8-5-9(7-12-6-8)10(13)3-2-4-11/h5-7H,2-3H2,1H3. The number of carbonyl (C=O) groups is 1. The lowest BCUT2D eigenvalue weighted by Crippen LogP contribution is -1.99. The quantitative estimate of drug-likeness (QED) is 0.657. The Hall–Kier alpha value is -1.69. The number of aryl methyl sites for hydroxylation is 1. The van der Waals surface area contributed by atoms with Gasteiger partial charge in [0.25, 0.3) is 0 Å². The highest BCUT2D eigenvalue weighted by Gasteiger charge is 2.04. The molecule has 1 rings (SSSR count). The molecule has 1 heterocycles. The molecule has 0 atom stereocenters. The summed E-state index contributed by atoms with van der Waals surface area (Å²) in [5.74, 6) is -0.0160. The van der Waals surface area contributed by atoms with Crippen molar-refractivity contribution in [3.63, 3.8) is 0 Å². The van der Waals surface area contributed by atoms with E-state index in [4.69, 9.17) is 5.26 Å². The molecule has 0 radical (unpaired) electrons. The lowest BCUT2D eigenvalue weighted by atomic mass is 10.1. The lowest BCUT2D eigenvalue weighted by Gasteiger charge is -1.98. The second kappa shape index (κ2) is 4.36.